The average molecular weight is 409 g/mol. The third-order valence-electron chi connectivity index (χ3n) is 3.55. The Hall–Kier alpha value is -3.43. The Kier molecular flexibility index (Phi) is 9.93. The Balaban J connectivity index is 0.00000364. The van der Waals surface area contributed by atoms with Gasteiger partial charge in [-0.25, -0.2) is 4.79 Å². The summed E-state index contributed by atoms with van der Waals surface area (Å²) in [6.07, 6.45) is 0.358. The van der Waals surface area contributed by atoms with Crippen LogP contribution in [0.1, 0.15) is 22.3 Å². The molecule has 0 aliphatic carbocycles. The molecule has 8 N–H and O–H groups in total. The van der Waals surface area contributed by atoms with Crippen LogP contribution in [0.25, 0.3) is 0 Å². The second-order valence-electron chi connectivity index (χ2n) is 5.46. The molecule has 150 valence electrons. The van der Waals surface area contributed by atoms with Crippen LogP contribution >= 0.6 is 12.4 Å². The molecule has 0 fully saturated rings. The van der Waals surface area contributed by atoms with Gasteiger partial charge in [-0.05, 0) is 30.3 Å². The minimum atomic E-state index is -1.14. The summed E-state index contributed by atoms with van der Waals surface area (Å²) in [5.41, 5.74) is 7.20. The number of anilines is 2. The Bertz CT molecular complexity index is 842. The van der Waals surface area contributed by atoms with Crippen molar-refractivity contribution < 1.29 is 25.0 Å². The smallest absolute Gasteiger partial charge is 0.326 e. The first-order valence-electron chi connectivity index (χ1n) is 7.69. The molecule has 0 radical (unpaired) electrons. The summed E-state index contributed by atoms with van der Waals surface area (Å²) in [4.78, 5) is 33.9. The molecule has 0 saturated heterocycles. The molecule has 0 aliphatic heterocycles. The van der Waals surface area contributed by atoms with Crippen molar-refractivity contribution in [2.45, 2.75) is 12.5 Å². The summed E-state index contributed by atoms with van der Waals surface area (Å²) in [6, 6.07) is 11.7. The number of amidine groups is 1. The van der Waals surface area contributed by atoms with Crippen LogP contribution in [-0.2, 0) is 9.59 Å². The van der Waals surface area contributed by atoms with Gasteiger partial charge in [0.05, 0.1) is 0 Å². The van der Waals surface area contributed by atoms with E-state index in [2.05, 4.69) is 10.6 Å². The number of rotatable bonds is 8. The highest BCUT2D eigenvalue weighted by atomic mass is 35.5. The number of carbonyl (C=O) groups excluding carboxylic acids is 2. The second kappa shape index (κ2) is 11.3. The summed E-state index contributed by atoms with van der Waals surface area (Å²) in [7, 11) is 0. The first kappa shape index (κ1) is 24.6. The average Bonchev–Trinajstić information content (AvgIpc) is 2.61. The molecule has 0 spiro atoms. The van der Waals surface area contributed by atoms with Gasteiger partial charge in [-0.1, -0.05) is 18.2 Å². The van der Waals surface area contributed by atoms with E-state index in [0.717, 1.165) is 0 Å². The van der Waals surface area contributed by atoms with Gasteiger partial charge in [-0.3, -0.25) is 10.2 Å². The maximum absolute atomic E-state index is 12.3. The number of amides is 1. The van der Waals surface area contributed by atoms with Crippen LogP contribution in [0.15, 0.2) is 48.5 Å². The van der Waals surface area contributed by atoms with Gasteiger partial charge in [0.25, 0.3) is 5.91 Å². The Morgan fingerprint density at radius 1 is 1.11 bits per heavy atom. The van der Waals surface area contributed by atoms with Crippen LogP contribution in [0.5, 0.6) is 0 Å². The van der Waals surface area contributed by atoms with Crippen molar-refractivity contribution in [1.29, 1.82) is 5.41 Å². The predicted molar refractivity (Wildman–Crippen MR) is 108 cm³/mol. The molecule has 2 aromatic rings. The molecule has 2 aromatic carbocycles. The third-order valence-corrected chi connectivity index (χ3v) is 3.55. The third kappa shape index (κ3) is 6.71. The van der Waals surface area contributed by atoms with E-state index < -0.39 is 12.0 Å². The van der Waals surface area contributed by atoms with Crippen LogP contribution in [0.4, 0.5) is 11.4 Å². The molecule has 28 heavy (non-hydrogen) atoms. The Labute approximate surface area is 167 Å². The fourth-order valence-electron chi connectivity index (χ4n) is 2.21. The largest absolute Gasteiger partial charge is 0.480 e. The number of nitrogens with two attached hydrogens (primary N) is 1. The number of aliphatic carboxylic acids is 1. The summed E-state index contributed by atoms with van der Waals surface area (Å²) in [5.74, 6) is -1.59. The van der Waals surface area contributed by atoms with Crippen molar-refractivity contribution >= 4 is 47.8 Å². The lowest BCUT2D eigenvalue weighted by atomic mass is 10.1. The number of carbonyl (C=O) groups is 3. The van der Waals surface area contributed by atoms with E-state index in [4.69, 9.17) is 16.2 Å². The summed E-state index contributed by atoms with van der Waals surface area (Å²) in [6.45, 7) is 0. The number of carboxylic acid groups (broad SMARTS) is 1. The van der Waals surface area contributed by atoms with Gasteiger partial charge in [-0.15, -0.1) is 12.4 Å². The van der Waals surface area contributed by atoms with E-state index in [1.54, 1.807) is 48.5 Å². The van der Waals surface area contributed by atoms with Crippen molar-refractivity contribution in [3.63, 3.8) is 0 Å². The van der Waals surface area contributed by atoms with E-state index in [1.165, 1.54) is 0 Å². The topological polar surface area (TPSA) is 177 Å². The standard InChI is InChI=1S/C18H18N4O4.ClH.H2O/c19-16(20)11-4-6-12(7-5-11)17(24)22-14-3-1-2-13(10-14)21-15(8-9-23)18(25)26;;/h1-7,9-10,15,21H,8H2,(H3,19,20)(H,22,24)(H,25,26);1H;1H2. The molecular weight excluding hydrogens is 388 g/mol. The van der Waals surface area contributed by atoms with E-state index in [0.29, 0.717) is 28.8 Å². The van der Waals surface area contributed by atoms with Gasteiger partial charge in [0.1, 0.15) is 18.2 Å². The minimum absolute atomic E-state index is 0. The number of hydrogen-bond donors (Lipinski definition) is 5. The number of nitrogens with one attached hydrogen (secondary N) is 3. The molecule has 0 saturated carbocycles. The lowest BCUT2D eigenvalue weighted by Crippen LogP contribution is -2.29. The van der Waals surface area contributed by atoms with Gasteiger partial charge in [0.2, 0.25) is 0 Å². The highest BCUT2D eigenvalue weighted by molar-refractivity contribution is 6.05. The van der Waals surface area contributed by atoms with E-state index >= 15 is 0 Å². The molecular formula is C18H21ClN4O5. The summed E-state index contributed by atoms with van der Waals surface area (Å²) >= 11 is 0. The van der Waals surface area contributed by atoms with Crippen LogP contribution in [0.2, 0.25) is 0 Å². The van der Waals surface area contributed by atoms with Gasteiger partial charge >= 0.3 is 5.97 Å². The number of benzene rings is 2. The number of carboxylic acids is 1. The fourth-order valence-corrected chi connectivity index (χ4v) is 2.21. The van der Waals surface area contributed by atoms with E-state index in [-0.39, 0.29) is 36.0 Å². The lowest BCUT2D eigenvalue weighted by Gasteiger charge is -2.14. The van der Waals surface area contributed by atoms with E-state index in [9.17, 15) is 14.4 Å². The van der Waals surface area contributed by atoms with Gasteiger partial charge < -0.3 is 31.7 Å². The predicted octanol–water partition coefficient (Wildman–Crippen LogP) is 1.27. The molecule has 9 nitrogen and oxygen atoms in total. The maximum atomic E-state index is 12.3. The Morgan fingerprint density at radius 2 is 1.68 bits per heavy atom. The molecule has 0 aliphatic rings. The van der Waals surface area contributed by atoms with Crippen molar-refractivity contribution in [3.8, 4) is 0 Å². The summed E-state index contributed by atoms with van der Waals surface area (Å²) < 4.78 is 0. The molecule has 0 bridgehead atoms. The van der Waals surface area contributed by atoms with Gasteiger partial charge in [0.15, 0.2) is 0 Å². The maximum Gasteiger partial charge on any atom is 0.326 e. The molecule has 1 amide bonds. The zero-order chi connectivity index (χ0) is 19.1. The van der Waals surface area contributed by atoms with Crippen molar-refractivity contribution in [1.82, 2.24) is 0 Å². The van der Waals surface area contributed by atoms with Crippen molar-refractivity contribution in [2.75, 3.05) is 10.6 Å². The van der Waals surface area contributed by atoms with Crippen LogP contribution in [0.3, 0.4) is 0 Å². The lowest BCUT2D eigenvalue weighted by molar-refractivity contribution is -0.138. The SMILES string of the molecule is Cl.N=C(N)c1ccc(C(=O)Nc2cccc(NC(CC=O)C(=O)O)c2)cc1.O. The highest BCUT2D eigenvalue weighted by Crippen LogP contribution is 2.18. The molecule has 1 atom stereocenters. The second-order valence-corrected chi connectivity index (χ2v) is 5.46. The first-order chi connectivity index (χ1) is 12.4. The van der Waals surface area contributed by atoms with Crippen molar-refractivity contribution in [2.24, 2.45) is 5.73 Å². The molecule has 2 rings (SSSR count). The minimum Gasteiger partial charge on any atom is -0.480 e. The molecule has 0 aromatic heterocycles. The molecule has 0 heterocycles. The summed E-state index contributed by atoms with van der Waals surface area (Å²) in [5, 5.41) is 21.8. The molecule has 1 unspecified atom stereocenters. The van der Waals surface area contributed by atoms with Crippen LogP contribution in [-0.4, -0.2) is 40.6 Å². The monoisotopic (exact) mass is 408 g/mol. The normalized spacial score (nSPS) is 10.4. The molecule has 10 heteroatoms. The Morgan fingerprint density at radius 3 is 2.21 bits per heavy atom. The highest BCUT2D eigenvalue weighted by Gasteiger charge is 2.16. The zero-order valence-corrected chi connectivity index (χ0v) is 15.5. The van der Waals surface area contributed by atoms with Gasteiger partial charge in [0, 0.05) is 28.9 Å². The number of halogens is 1. The quantitative estimate of drug-likeness (QED) is 0.249. The fraction of sp³-hybridized carbons (Fsp3) is 0.111. The first-order valence-corrected chi connectivity index (χ1v) is 7.69. The van der Waals surface area contributed by atoms with E-state index in [1.807, 2.05) is 0 Å². The number of aldehydes is 1. The number of nitrogen functional groups attached to an aromatic ring is 1. The van der Waals surface area contributed by atoms with Gasteiger partial charge in [-0.2, -0.15) is 0 Å². The van der Waals surface area contributed by atoms with Crippen LogP contribution in [0, 0.1) is 5.41 Å². The zero-order valence-electron chi connectivity index (χ0n) is 14.6. The van der Waals surface area contributed by atoms with Crippen molar-refractivity contribution in [3.05, 3.63) is 59.7 Å². The number of hydrogen-bond acceptors (Lipinski definition) is 5. The van der Waals surface area contributed by atoms with Crippen LogP contribution < -0.4 is 16.4 Å².